The largest absolute Gasteiger partial charge is 0.349 e. The van der Waals surface area contributed by atoms with Gasteiger partial charge in [0.15, 0.2) is 0 Å². The van der Waals surface area contributed by atoms with Crippen LogP contribution in [0.4, 0.5) is 0 Å². The third-order valence-corrected chi connectivity index (χ3v) is 12.1. The summed E-state index contributed by atoms with van der Waals surface area (Å²) in [5, 5.41) is 20.9. The van der Waals surface area contributed by atoms with E-state index in [0.29, 0.717) is 5.75 Å². The van der Waals surface area contributed by atoms with Crippen LogP contribution in [0.3, 0.4) is 0 Å². The van der Waals surface area contributed by atoms with Crippen molar-refractivity contribution in [3.63, 3.8) is 0 Å². The van der Waals surface area contributed by atoms with E-state index in [4.69, 9.17) is 0 Å². The lowest BCUT2D eigenvalue weighted by molar-refractivity contribution is -0.136. The van der Waals surface area contributed by atoms with Gasteiger partial charge in [-0.3, -0.25) is 34.1 Å². The van der Waals surface area contributed by atoms with Crippen molar-refractivity contribution in [2.45, 2.75) is 129 Å². The minimum atomic E-state index is -1.23. The molecule has 13 nitrogen and oxygen atoms in total. The molecule has 2 aliphatic rings. The Bertz CT molecular complexity index is 1680. The lowest BCUT2D eigenvalue weighted by Gasteiger charge is -2.33. The number of fused-ring (bicyclic) bond motifs is 2. The fraction of sp³-hybridized carbons (Fsp3) is 0.591. The standard InChI is InChI=1S/C44H65N7O6S/c1-23(2)21-30-38(52)47-33(24(3)4)40(54)49-35(26(7)8)41(55)50-36(27(9)10)44-46-31(22-58-44)39(53)48-34(25(5)6)42(56)51-37(43(57)45-30)32(28-17-13-11-14-18-28)29-19-15-12-16-20-29/h11-20,23-27,30-37,44,46H,21-22H2,1-10H3,(H,45,57)(H,47,52)(H,48,53)(H,49,54)(H,50,55)(H,51,56)/t30-,31+,33+,34-,35-,36+,37+,44?/m1/s1. The molecule has 318 valence electrons. The maximum Gasteiger partial charge on any atom is 0.244 e. The highest BCUT2D eigenvalue weighted by atomic mass is 32.2. The summed E-state index contributed by atoms with van der Waals surface area (Å²) in [6, 6.07) is 12.4. The average Bonchev–Trinajstić information content (AvgIpc) is 3.66. The van der Waals surface area contributed by atoms with Crippen LogP contribution in [0.15, 0.2) is 60.7 Å². The highest BCUT2D eigenvalue weighted by Crippen LogP contribution is 2.30. The van der Waals surface area contributed by atoms with Gasteiger partial charge in [-0.15, -0.1) is 11.8 Å². The third kappa shape index (κ3) is 12.1. The van der Waals surface area contributed by atoms with Gasteiger partial charge in [0.1, 0.15) is 30.2 Å². The van der Waals surface area contributed by atoms with Crippen molar-refractivity contribution in [1.29, 1.82) is 0 Å². The number of nitrogens with one attached hydrogen (secondary N) is 7. The number of carbonyl (C=O) groups excluding carboxylic acids is 6. The summed E-state index contributed by atoms with van der Waals surface area (Å²) in [4.78, 5) is 85.5. The fourth-order valence-electron chi connectivity index (χ4n) is 7.46. The van der Waals surface area contributed by atoms with Crippen molar-refractivity contribution in [2.24, 2.45) is 29.6 Å². The summed E-state index contributed by atoms with van der Waals surface area (Å²) in [6.07, 6.45) is 0.234. The number of carbonyl (C=O) groups is 6. The molecule has 2 heterocycles. The van der Waals surface area contributed by atoms with E-state index in [1.807, 2.05) is 116 Å². The van der Waals surface area contributed by atoms with E-state index in [1.165, 1.54) is 11.8 Å². The Morgan fingerprint density at radius 1 is 0.500 bits per heavy atom. The van der Waals surface area contributed by atoms with Crippen molar-refractivity contribution in [2.75, 3.05) is 5.75 Å². The van der Waals surface area contributed by atoms with E-state index < -0.39 is 71.8 Å². The zero-order valence-corrected chi connectivity index (χ0v) is 36.4. The molecular weight excluding hydrogens is 755 g/mol. The number of benzene rings is 2. The number of amides is 6. The lowest BCUT2D eigenvalue weighted by Crippen LogP contribution is -2.62. The van der Waals surface area contributed by atoms with Crippen LogP contribution in [0.25, 0.3) is 0 Å². The van der Waals surface area contributed by atoms with E-state index in [0.717, 1.165) is 11.1 Å². The minimum absolute atomic E-state index is 0.0418. The molecule has 2 saturated heterocycles. The number of hydrogen-bond acceptors (Lipinski definition) is 8. The normalized spacial score (nSPS) is 27.2. The highest BCUT2D eigenvalue weighted by molar-refractivity contribution is 8.00. The number of thioether (sulfide) groups is 1. The average molecular weight is 820 g/mol. The van der Waals surface area contributed by atoms with Crippen LogP contribution in [-0.4, -0.2) is 88.9 Å². The Balaban J connectivity index is 1.85. The summed E-state index contributed by atoms with van der Waals surface area (Å²) in [6.45, 7) is 18.7. The number of hydrogen-bond donors (Lipinski definition) is 7. The van der Waals surface area contributed by atoms with E-state index in [9.17, 15) is 28.8 Å². The Morgan fingerprint density at radius 3 is 1.36 bits per heavy atom. The monoisotopic (exact) mass is 819 g/mol. The second-order valence-corrected chi connectivity index (χ2v) is 18.6. The summed E-state index contributed by atoms with van der Waals surface area (Å²) in [7, 11) is 0. The molecule has 0 saturated carbocycles. The molecule has 0 radical (unpaired) electrons. The first kappa shape index (κ1) is 46.3. The maximum absolute atomic E-state index is 14.8. The molecule has 8 atom stereocenters. The van der Waals surface area contributed by atoms with Crippen LogP contribution < -0.4 is 37.2 Å². The Hall–Kier alpha value is -4.43. The second kappa shape index (κ2) is 21.0. The predicted octanol–water partition coefficient (Wildman–Crippen LogP) is 3.44. The van der Waals surface area contributed by atoms with Gasteiger partial charge in [0.2, 0.25) is 35.4 Å². The Labute approximate surface area is 348 Å². The molecule has 4 rings (SSSR count). The maximum atomic E-state index is 14.8. The summed E-state index contributed by atoms with van der Waals surface area (Å²) < 4.78 is 0. The third-order valence-electron chi connectivity index (χ3n) is 10.8. The smallest absolute Gasteiger partial charge is 0.244 e. The molecule has 0 spiro atoms. The van der Waals surface area contributed by atoms with Crippen molar-refractivity contribution in [3.05, 3.63) is 71.8 Å². The first-order chi connectivity index (χ1) is 27.4. The molecule has 14 heteroatoms. The van der Waals surface area contributed by atoms with Crippen LogP contribution in [0.1, 0.15) is 92.7 Å². The van der Waals surface area contributed by atoms with E-state index in [2.05, 4.69) is 37.2 Å². The molecular formula is C44H65N7O6S. The zero-order chi connectivity index (χ0) is 42.8. The van der Waals surface area contributed by atoms with Gasteiger partial charge >= 0.3 is 0 Å². The van der Waals surface area contributed by atoms with Gasteiger partial charge in [-0.2, -0.15) is 0 Å². The molecule has 0 aliphatic carbocycles. The van der Waals surface area contributed by atoms with Gasteiger partial charge in [-0.25, -0.2) is 0 Å². The molecule has 2 aromatic carbocycles. The topological polar surface area (TPSA) is 187 Å². The van der Waals surface area contributed by atoms with Gasteiger partial charge in [-0.05, 0) is 47.1 Å². The van der Waals surface area contributed by atoms with Crippen molar-refractivity contribution in [3.8, 4) is 0 Å². The summed E-state index contributed by atoms with van der Waals surface area (Å²) >= 11 is 1.50. The van der Waals surface area contributed by atoms with Crippen LogP contribution in [-0.2, 0) is 28.8 Å². The van der Waals surface area contributed by atoms with Gasteiger partial charge in [0, 0.05) is 11.7 Å². The molecule has 2 bridgehead atoms. The molecule has 2 aromatic rings. The minimum Gasteiger partial charge on any atom is -0.349 e. The first-order valence-corrected chi connectivity index (χ1v) is 21.7. The molecule has 58 heavy (non-hydrogen) atoms. The number of rotatable bonds is 9. The summed E-state index contributed by atoms with van der Waals surface area (Å²) in [5.74, 6) is -4.43. The van der Waals surface area contributed by atoms with Gasteiger partial charge in [-0.1, -0.05) is 130 Å². The lowest BCUT2D eigenvalue weighted by atomic mass is 9.84. The fourth-order valence-corrected chi connectivity index (χ4v) is 8.96. The SMILES string of the molecule is CC(C)C[C@H]1NC(=O)[C@H](C(c2ccccc2)c2ccccc2)NC(=O)[C@@H](C(C)C)NC(=O)[C@@H]2CSC(N2)[C@H](C(C)C)NC(=O)[C@@H](C(C)C)NC(=O)[C@H](C(C)C)NC1=O. The zero-order valence-electron chi connectivity index (χ0n) is 35.6. The summed E-state index contributed by atoms with van der Waals surface area (Å²) in [5.41, 5.74) is 1.51. The van der Waals surface area contributed by atoms with E-state index in [1.54, 1.807) is 13.8 Å². The quantitative estimate of drug-likeness (QED) is 0.201. The predicted molar refractivity (Wildman–Crippen MR) is 228 cm³/mol. The molecule has 2 fully saturated rings. The van der Waals surface area contributed by atoms with Gasteiger partial charge in [0.05, 0.1) is 17.5 Å². The van der Waals surface area contributed by atoms with E-state index >= 15 is 0 Å². The molecule has 1 unspecified atom stereocenters. The van der Waals surface area contributed by atoms with Crippen LogP contribution in [0, 0.1) is 29.6 Å². The molecule has 7 N–H and O–H groups in total. The van der Waals surface area contributed by atoms with Crippen molar-refractivity contribution in [1.82, 2.24) is 37.2 Å². The Morgan fingerprint density at radius 2 is 0.914 bits per heavy atom. The van der Waals surface area contributed by atoms with Crippen molar-refractivity contribution >= 4 is 47.2 Å². The van der Waals surface area contributed by atoms with Crippen LogP contribution in [0.5, 0.6) is 0 Å². The van der Waals surface area contributed by atoms with Gasteiger partial charge in [0.25, 0.3) is 0 Å². The van der Waals surface area contributed by atoms with Crippen LogP contribution >= 0.6 is 11.8 Å². The van der Waals surface area contributed by atoms with Crippen LogP contribution in [0.2, 0.25) is 0 Å². The first-order valence-electron chi connectivity index (χ1n) is 20.7. The molecule has 2 aliphatic heterocycles. The highest BCUT2D eigenvalue weighted by Gasteiger charge is 2.42. The second-order valence-electron chi connectivity index (χ2n) is 17.4. The Kier molecular flexibility index (Phi) is 16.8. The molecule has 6 amide bonds. The molecule has 0 aromatic heterocycles. The van der Waals surface area contributed by atoms with Crippen molar-refractivity contribution < 1.29 is 28.8 Å². The van der Waals surface area contributed by atoms with E-state index in [-0.39, 0.29) is 53.2 Å². The van der Waals surface area contributed by atoms with Gasteiger partial charge < -0.3 is 31.9 Å².